The van der Waals surface area contributed by atoms with Gasteiger partial charge in [0.15, 0.2) is 0 Å². The highest BCUT2D eigenvalue weighted by Crippen LogP contribution is 2.53. The van der Waals surface area contributed by atoms with E-state index in [-0.39, 0.29) is 6.61 Å². The molecule has 0 spiro atoms. The predicted molar refractivity (Wildman–Crippen MR) is 39.9 cm³/mol. The van der Waals surface area contributed by atoms with Gasteiger partial charge < -0.3 is 4.52 Å². The van der Waals surface area contributed by atoms with Crippen molar-refractivity contribution in [1.29, 1.82) is 0 Å². The van der Waals surface area contributed by atoms with Crippen LogP contribution in [0.15, 0.2) is 18.6 Å². The molecule has 1 atom stereocenters. The largest absolute Gasteiger partial charge is 0.476 e. The quantitative estimate of drug-likeness (QED) is 0.381. The zero-order valence-electron chi connectivity index (χ0n) is 5.54. The maximum atomic E-state index is 10.8. The summed E-state index contributed by atoms with van der Waals surface area (Å²) in [5.74, 6) is 0. The number of halogens is 1. The molecule has 3 nitrogen and oxygen atoms in total. The number of hydrogen-bond acceptors (Lipinski definition) is 3. The van der Waals surface area contributed by atoms with E-state index in [1.54, 1.807) is 6.92 Å². The number of rotatable bonds is 4. The summed E-state index contributed by atoms with van der Waals surface area (Å²) in [6.07, 6.45) is 1.00. The van der Waals surface area contributed by atoms with Crippen molar-refractivity contribution in [2.45, 2.75) is 6.92 Å². The minimum atomic E-state index is -3.39. The van der Waals surface area contributed by atoms with Gasteiger partial charge in [-0.3, -0.25) is 4.52 Å². The van der Waals surface area contributed by atoms with Gasteiger partial charge in [0.2, 0.25) is 0 Å². The van der Waals surface area contributed by atoms with Gasteiger partial charge >= 0.3 is 6.95 Å². The van der Waals surface area contributed by atoms with Crippen molar-refractivity contribution in [3.05, 3.63) is 18.6 Å². The van der Waals surface area contributed by atoms with Gasteiger partial charge in [-0.05, 0) is 6.92 Å². The van der Waals surface area contributed by atoms with Crippen molar-refractivity contribution in [3.63, 3.8) is 0 Å². The van der Waals surface area contributed by atoms with Crippen molar-refractivity contribution in [3.8, 4) is 0 Å². The normalized spacial score (nSPS) is 15.0. The standard InChI is InChI=1S/C5H8ClO3P/c1-3-5-9-10(6,7)8-4-2/h5H,1,4H2,2H3. The van der Waals surface area contributed by atoms with E-state index in [0.717, 1.165) is 6.26 Å². The van der Waals surface area contributed by atoms with Gasteiger partial charge in [-0.15, -0.1) is 0 Å². The molecule has 0 rings (SSSR count). The molecule has 0 heterocycles. The lowest BCUT2D eigenvalue weighted by molar-refractivity contribution is 0.278. The second-order valence-corrected chi connectivity index (χ2v) is 3.85. The van der Waals surface area contributed by atoms with Crippen LogP contribution in [0.1, 0.15) is 6.92 Å². The Morgan fingerprint density at radius 2 is 2.50 bits per heavy atom. The zero-order chi connectivity index (χ0) is 8.04. The maximum absolute atomic E-state index is 10.8. The van der Waals surface area contributed by atoms with Crippen molar-refractivity contribution in [2.24, 2.45) is 0 Å². The third-order valence-corrected chi connectivity index (χ3v) is 2.00. The Labute approximate surface area is 64.6 Å². The van der Waals surface area contributed by atoms with E-state index in [1.165, 1.54) is 0 Å². The second kappa shape index (κ2) is 4.59. The summed E-state index contributed by atoms with van der Waals surface area (Å²) in [6.45, 7) is 1.69. The summed E-state index contributed by atoms with van der Waals surface area (Å²) in [5, 5.41) is 0. The summed E-state index contributed by atoms with van der Waals surface area (Å²) in [4.78, 5) is 0. The van der Waals surface area contributed by atoms with Crippen LogP contribution in [0, 0.1) is 0 Å². The highest BCUT2D eigenvalue weighted by molar-refractivity contribution is 7.81. The fourth-order valence-electron chi connectivity index (χ4n) is 0.285. The van der Waals surface area contributed by atoms with E-state index >= 15 is 0 Å². The molecule has 0 aromatic rings. The van der Waals surface area contributed by atoms with Gasteiger partial charge in [0.05, 0.1) is 6.61 Å². The molecule has 0 bridgehead atoms. The van der Waals surface area contributed by atoms with Gasteiger partial charge in [0, 0.05) is 11.2 Å². The van der Waals surface area contributed by atoms with E-state index in [2.05, 4.69) is 21.4 Å². The Balaban J connectivity index is 3.86. The molecule has 58 valence electrons. The minimum Gasteiger partial charge on any atom is -0.413 e. The van der Waals surface area contributed by atoms with E-state index in [0.29, 0.717) is 0 Å². The fourth-order valence-corrected chi connectivity index (χ4v) is 1.27. The molecule has 0 aromatic carbocycles. The SMILES string of the molecule is C=C=COP(=O)(Cl)OCC. The van der Waals surface area contributed by atoms with Crippen LogP contribution in [0.4, 0.5) is 0 Å². The van der Waals surface area contributed by atoms with Crippen molar-refractivity contribution in [2.75, 3.05) is 6.61 Å². The van der Waals surface area contributed by atoms with Crippen LogP contribution in [-0.2, 0) is 13.6 Å². The van der Waals surface area contributed by atoms with E-state index in [9.17, 15) is 4.57 Å². The summed E-state index contributed by atoms with van der Waals surface area (Å²) in [5.41, 5.74) is 2.25. The Morgan fingerprint density at radius 3 is 2.90 bits per heavy atom. The monoisotopic (exact) mass is 182 g/mol. The molecular formula is C5H8ClO3P. The molecule has 1 unspecified atom stereocenters. The van der Waals surface area contributed by atoms with Gasteiger partial charge in [-0.25, -0.2) is 4.57 Å². The van der Waals surface area contributed by atoms with Crippen LogP contribution in [0.3, 0.4) is 0 Å². The van der Waals surface area contributed by atoms with Crippen molar-refractivity contribution < 1.29 is 13.6 Å². The predicted octanol–water partition coefficient (Wildman–Crippen LogP) is 2.69. The Bertz CT molecular complexity index is 185. The van der Waals surface area contributed by atoms with Crippen LogP contribution in [0.5, 0.6) is 0 Å². The van der Waals surface area contributed by atoms with Gasteiger partial charge in [0.25, 0.3) is 0 Å². The average molecular weight is 183 g/mol. The molecule has 0 fully saturated rings. The van der Waals surface area contributed by atoms with Gasteiger partial charge in [-0.2, -0.15) is 0 Å². The Hall–Kier alpha value is -0.200. The van der Waals surface area contributed by atoms with Crippen LogP contribution >= 0.6 is 18.2 Å². The molecule has 0 aliphatic rings. The van der Waals surface area contributed by atoms with Crippen molar-refractivity contribution in [1.82, 2.24) is 0 Å². The summed E-state index contributed by atoms with van der Waals surface area (Å²) in [7, 11) is 0. The first-order valence-corrected chi connectivity index (χ1v) is 5.04. The summed E-state index contributed by atoms with van der Waals surface area (Å²) >= 11 is 5.23. The first-order valence-electron chi connectivity index (χ1n) is 2.59. The maximum Gasteiger partial charge on any atom is 0.476 e. The molecule has 0 aliphatic carbocycles. The molecular weight excluding hydrogens is 174 g/mol. The van der Waals surface area contributed by atoms with Gasteiger partial charge in [0.1, 0.15) is 6.26 Å². The summed E-state index contributed by atoms with van der Waals surface area (Å²) < 4.78 is 19.7. The van der Waals surface area contributed by atoms with E-state index in [1.807, 2.05) is 0 Å². The Morgan fingerprint density at radius 1 is 1.90 bits per heavy atom. The molecule has 0 radical (unpaired) electrons. The fraction of sp³-hybridized carbons (Fsp3) is 0.400. The van der Waals surface area contributed by atoms with Gasteiger partial charge in [-0.1, -0.05) is 12.3 Å². The van der Waals surface area contributed by atoms with Crippen molar-refractivity contribution >= 4 is 18.2 Å². The van der Waals surface area contributed by atoms with Crippen LogP contribution < -0.4 is 0 Å². The second-order valence-electron chi connectivity index (χ2n) is 1.28. The lowest BCUT2D eigenvalue weighted by Crippen LogP contribution is -1.83. The molecule has 0 saturated heterocycles. The van der Waals surface area contributed by atoms with Crippen LogP contribution in [0.25, 0.3) is 0 Å². The smallest absolute Gasteiger partial charge is 0.413 e. The molecule has 5 heteroatoms. The molecule has 0 amide bonds. The lowest BCUT2D eigenvalue weighted by Gasteiger charge is -2.05. The van der Waals surface area contributed by atoms with E-state index in [4.69, 9.17) is 11.2 Å². The van der Waals surface area contributed by atoms with Crippen LogP contribution in [0.2, 0.25) is 0 Å². The molecule has 0 saturated carbocycles. The zero-order valence-corrected chi connectivity index (χ0v) is 7.19. The lowest BCUT2D eigenvalue weighted by atomic mass is 10.9. The molecule has 0 aromatic heterocycles. The molecule has 10 heavy (non-hydrogen) atoms. The topological polar surface area (TPSA) is 35.5 Å². The molecule has 0 N–H and O–H groups in total. The third kappa shape index (κ3) is 4.66. The summed E-state index contributed by atoms with van der Waals surface area (Å²) in [6, 6.07) is 0. The average Bonchev–Trinajstić information content (AvgIpc) is 1.84. The highest BCUT2D eigenvalue weighted by Gasteiger charge is 2.18. The first kappa shape index (κ1) is 9.80. The third-order valence-electron chi connectivity index (χ3n) is 0.545. The Kier molecular flexibility index (Phi) is 4.50. The number of hydrogen-bond donors (Lipinski definition) is 0. The molecule has 0 aliphatic heterocycles. The highest BCUT2D eigenvalue weighted by atomic mass is 35.7. The van der Waals surface area contributed by atoms with E-state index < -0.39 is 6.95 Å². The minimum absolute atomic E-state index is 0.242. The van der Waals surface area contributed by atoms with Crippen LogP contribution in [-0.4, -0.2) is 6.61 Å². The first-order chi connectivity index (χ1) is 4.62.